The van der Waals surface area contributed by atoms with E-state index in [1.807, 2.05) is 6.20 Å². The number of hydrogen-bond acceptors (Lipinski definition) is 18. The first-order valence-corrected chi connectivity index (χ1v) is 25.8. The van der Waals surface area contributed by atoms with Crippen molar-refractivity contribution in [1.29, 1.82) is 0 Å². The predicted molar refractivity (Wildman–Crippen MR) is 258 cm³/mol. The molecule has 16 atom stereocenters. The number of hydrogen-bond donors (Lipinski definition) is 8. The minimum atomic E-state index is -1.71. The molecule has 74 heavy (non-hydrogen) atoms. The average molecular weight is 1040 g/mol. The van der Waals surface area contributed by atoms with E-state index in [4.69, 9.17) is 28.4 Å². The minimum absolute atomic E-state index is 0.0255. The first-order valence-electron chi connectivity index (χ1n) is 25.8. The summed E-state index contributed by atoms with van der Waals surface area (Å²) in [6.07, 6.45) is -4.97. The Morgan fingerprint density at radius 1 is 0.946 bits per heavy atom. The Morgan fingerprint density at radius 2 is 1.72 bits per heavy atom. The number of carbonyl (C=O) groups is 3. The van der Waals surface area contributed by atoms with Gasteiger partial charge in [0.05, 0.1) is 36.2 Å². The molecule has 5 aliphatic rings. The largest absolute Gasteiger partial charge is 0.479 e. The molecule has 8 rings (SSSR count). The molecule has 2 saturated carbocycles. The van der Waals surface area contributed by atoms with Crippen molar-refractivity contribution in [3.05, 3.63) is 87.0 Å². The summed E-state index contributed by atoms with van der Waals surface area (Å²) >= 11 is 0. The van der Waals surface area contributed by atoms with Crippen molar-refractivity contribution in [3.8, 4) is 0 Å². The lowest BCUT2D eigenvalue weighted by atomic mass is 9.77. The fourth-order valence-corrected chi connectivity index (χ4v) is 11.0. The highest BCUT2D eigenvalue weighted by molar-refractivity contribution is 5.89. The number of ether oxygens (including phenoxy) is 6. The maximum Gasteiger partial charge on any atom is 0.338 e. The van der Waals surface area contributed by atoms with Crippen molar-refractivity contribution in [3.63, 3.8) is 0 Å². The van der Waals surface area contributed by atoms with E-state index in [2.05, 4.69) is 20.6 Å². The summed E-state index contributed by atoms with van der Waals surface area (Å²) in [5.41, 5.74) is 3.60. The van der Waals surface area contributed by atoms with E-state index >= 15 is 0 Å². The maximum atomic E-state index is 14.1. The number of carboxylic acid groups (broad SMARTS) is 1. The van der Waals surface area contributed by atoms with E-state index < -0.39 is 116 Å². The predicted octanol–water partition coefficient (Wildman–Crippen LogP) is 1.87. The maximum absolute atomic E-state index is 14.1. The molecule has 2 aromatic heterocycles. The molecule has 3 aliphatic carbocycles. The van der Waals surface area contributed by atoms with Gasteiger partial charge in [0.25, 0.3) is 0 Å². The number of H-pyrrole nitrogens is 1. The molecule has 2 saturated heterocycles. The van der Waals surface area contributed by atoms with Crippen molar-refractivity contribution in [2.45, 2.75) is 183 Å². The van der Waals surface area contributed by atoms with E-state index in [9.17, 15) is 55.1 Å². The second kappa shape index (κ2) is 25.1. The highest BCUT2D eigenvalue weighted by Gasteiger charge is 2.54. The number of aliphatic carboxylic acids is 1. The minimum Gasteiger partial charge on any atom is -0.479 e. The van der Waals surface area contributed by atoms with Gasteiger partial charge in [0.2, 0.25) is 11.9 Å². The molecule has 3 aromatic rings. The number of esters is 1. The van der Waals surface area contributed by atoms with Gasteiger partial charge in [-0.1, -0.05) is 62.4 Å². The third kappa shape index (κ3) is 13.2. The molecule has 2 aliphatic heterocycles. The Balaban J connectivity index is 0.978. The number of rotatable bonds is 21. The third-order valence-corrected chi connectivity index (χ3v) is 15.2. The van der Waals surface area contributed by atoms with Crippen LogP contribution in [0.25, 0.3) is 6.08 Å². The first kappa shape index (κ1) is 55.0. The number of aliphatic hydroxyl groups excluding tert-OH is 5. The molecule has 0 spiro atoms. The van der Waals surface area contributed by atoms with Gasteiger partial charge in [-0.2, -0.15) is 0 Å². The number of nitrogens with zero attached hydrogens (tertiary/aromatic N) is 4. The molecular formula is C51H70N6O17. The molecular weight excluding hydrogens is 969 g/mol. The van der Waals surface area contributed by atoms with Gasteiger partial charge in [-0.05, 0) is 86.3 Å². The fourth-order valence-electron chi connectivity index (χ4n) is 11.0. The fraction of sp³-hybridized carbons (Fsp3) is 0.667. The summed E-state index contributed by atoms with van der Waals surface area (Å²) < 4.78 is 39.2. The standard InChI is InChI=1S/C51H70N6O17/c1-27-20-32(47(63)52-18-17-33-25-56(55-54-33)19-9-14-31-24-53-36-16-15-34(57(67)68)23-35(31)36)22-37(44(27)74-50-43(62)42(61)40(59)28(2)69-50)71-51-46(73-49(66)30-12-7-4-8-13-30)45(41(60)39(26-58)72-51)70-38(48(64)65)21-29-10-5-3-6-11-29/h4,7-8,12-13,15-16,24-25,27-29,32,34,37-46,50-51,53,58-62H,3,5-6,9-11,14,17-23,26H2,1-2H3,(H,52,63)(H,64,65)/t27?,28?,32?,34?,37-,38+,39?,40?,41?,42?,43?,44?,45?,46?,50+,51-/m1/s1. The molecule has 4 fully saturated rings. The zero-order valence-corrected chi connectivity index (χ0v) is 41.6. The number of carboxylic acids is 1. The zero-order valence-electron chi connectivity index (χ0n) is 41.6. The topological polar surface area (TPSA) is 330 Å². The van der Waals surface area contributed by atoms with Crippen LogP contribution in [0, 0.1) is 27.9 Å². The zero-order chi connectivity index (χ0) is 52.6. The van der Waals surface area contributed by atoms with Crippen LogP contribution in [0.2, 0.25) is 0 Å². The summed E-state index contributed by atoms with van der Waals surface area (Å²) in [6, 6.07) is 7.18. The number of aromatic amines is 1. The second-order valence-electron chi connectivity index (χ2n) is 20.5. The quantitative estimate of drug-likeness (QED) is 0.0429. The number of carbonyl (C=O) groups excluding carboxylic acids is 2. The van der Waals surface area contributed by atoms with Crippen LogP contribution in [-0.2, 0) is 63.8 Å². The van der Waals surface area contributed by atoms with Gasteiger partial charge >= 0.3 is 11.9 Å². The van der Waals surface area contributed by atoms with Gasteiger partial charge in [0, 0.05) is 54.9 Å². The van der Waals surface area contributed by atoms with Gasteiger partial charge in [-0.25, -0.2) is 9.59 Å². The Morgan fingerprint density at radius 3 is 2.45 bits per heavy atom. The summed E-state index contributed by atoms with van der Waals surface area (Å²) in [7, 11) is 0. The number of nitrogens with one attached hydrogen (secondary N) is 2. The van der Waals surface area contributed by atoms with Gasteiger partial charge in [0.15, 0.2) is 24.8 Å². The summed E-state index contributed by atoms with van der Waals surface area (Å²) in [4.78, 5) is 55.1. The van der Waals surface area contributed by atoms with E-state index in [0.29, 0.717) is 37.9 Å². The van der Waals surface area contributed by atoms with Crippen molar-refractivity contribution in [2.24, 2.45) is 17.8 Å². The van der Waals surface area contributed by atoms with Gasteiger partial charge in [0.1, 0.15) is 36.6 Å². The van der Waals surface area contributed by atoms with Crippen molar-refractivity contribution in [1.82, 2.24) is 25.3 Å². The monoisotopic (exact) mass is 1040 g/mol. The second-order valence-corrected chi connectivity index (χ2v) is 20.5. The molecule has 8 N–H and O–H groups in total. The first-order chi connectivity index (χ1) is 35.6. The van der Waals surface area contributed by atoms with Crippen LogP contribution in [-0.4, -0.2) is 172 Å². The molecule has 406 valence electrons. The molecule has 23 nitrogen and oxygen atoms in total. The van der Waals surface area contributed by atoms with Crippen LogP contribution < -0.4 is 5.32 Å². The van der Waals surface area contributed by atoms with E-state index in [0.717, 1.165) is 48.9 Å². The summed E-state index contributed by atoms with van der Waals surface area (Å²) in [5.74, 6) is -3.74. The number of benzene rings is 1. The molecule has 4 heterocycles. The summed E-state index contributed by atoms with van der Waals surface area (Å²) in [5, 5.41) is 87.9. The van der Waals surface area contributed by atoms with Crippen LogP contribution in [0.4, 0.5) is 0 Å². The Labute approximate surface area is 427 Å². The van der Waals surface area contributed by atoms with Crippen LogP contribution in [0.15, 0.2) is 48.8 Å². The Kier molecular flexibility index (Phi) is 18.7. The lowest BCUT2D eigenvalue weighted by molar-refractivity contribution is -0.508. The Bertz CT molecular complexity index is 2380. The van der Waals surface area contributed by atoms with Gasteiger partial charge in [-0.15, -0.1) is 5.10 Å². The number of aliphatic hydroxyl groups is 5. The van der Waals surface area contributed by atoms with E-state index in [1.54, 1.807) is 48.2 Å². The molecule has 23 heteroatoms. The number of aromatic nitrogens is 4. The molecule has 1 aromatic carbocycles. The highest BCUT2D eigenvalue weighted by Crippen LogP contribution is 2.39. The summed E-state index contributed by atoms with van der Waals surface area (Å²) in [6.45, 7) is 3.25. The molecule has 0 radical (unpaired) electrons. The van der Waals surface area contributed by atoms with Crippen LogP contribution in [0.1, 0.15) is 105 Å². The Hall–Kier alpha value is -5.21. The normalized spacial score (nSPS) is 32.8. The lowest BCUT2D eigenvalue weighted by Crippen LogP contribution is -2.64. The lowest BCUT2D eigenvalue weighted by Gasteiger charge is -2.48. The number of amides is 1. The smallest absolute Gasteiger partial charge is 0.338 e. The number of aryl methyl sites for hydroxylation is 2. The highest BCUT2D eigenvalue weighted by atomic mass is 16.7. The van der Waals surface area contributed by atoms with Crippen LogP contribution in [0.5, 0.6) is 0 Å². The van der Waals surface area contributed by atoms with Gasteiger partial charge < -0.3 is 69.4 Å². The van der Waals surface area contributed by atoms with E-state index in [-0.39, 0.29) is 48.1 Å². The molecule has 12 unspecified atom stereocenters. The third-order valence-electron chi connectivity index (χ3n) is 15.2. The van der Waals surface area contributed by atoms with Gasteiger partial charge in [-0.3, -0.25) is 19.6 Å². The van der Waals surface area contributed by atoms with Crippen molar-refractivity contribution in [2.75, 3.05) is 13.2 Å². The number of fused-ring (bicyclic) bond motifs is 1. The van der Waals surface area contributed by atoms with E-state index in [1.165, 1.54) is 19.1 Å². The average Bonchev–Trinajstić information content (AvgIpc) is 4.03. The van der Waals surface area contributed by atoms with Crippen molar-refractivity contribution < 1.29 is 78.4 Å². The number of nitro groups is 1. The van der Waals surface area contributed by atoms with Crippen LogP contribution >= 0.6 is 0 Å². The van der Waals surface area contributed by atoms with Crippen LogP contribution in [0.3, 0.4) is 0 Å². The molecule has 0 bridgehead atoms. The SMILES string of the molecule is CC1CC(C(=O)NCCc2cn(CCCc3c[nH]c4c3CC([N+](=O)[O-])C=C4)nn2)C[C@@H](O[C@@H]2OC(CO)C(O)C(O[C@@H](CC3CCCCC3)C(=O)O)C2OC(=O)c2ccccc2)C1O[C@@H]1OC(C)C(O)C(O)C1O. The van der Waals surface area contributed by atoms with Crippen molar-refractivity contribution >= 4 is 23.9 Å². The molecule has 1 amide bonds.